The molecule has 1 aliphatic heterocycles. The van der Waals surface area contributed by atoms with Crippen molar-refractivity contribution in [1.29, 1.82) is 0 Å². The number of hydrogen-bond acceptors (Lipinski definition) is 3. The highest BCUT2D eigenvalue weighted by atomic mass is 16.5. The lowest BCUT2D eigenvalue weighted by molar-refractivity contribution is -0.659. The number of aromatic hydroxyl groups is 1. The summed E-state index contributed by atoms with van der Waals surface area (Å²) in [7, 11) is 1.97. The molecule has 112 valence electrons. The fraction of sp³-hybridized carbons (Fsp3) is 0.105. The summed E-state index contributed by atoms with van der Waals surface area (Å²) in [6.07, 6.45) is 1.88. The number of nitrogens with zero attached hydrogens (tertiary/aromatic N) is 1. The lowest BCUT2D eigenvalue weighted by Crippen LogP contribution is -2.32. The third-order valence-electron chi connectivity index (χ3n) is 4.54. The van der Waals surface area contributed by atoms with Crippen molar-refractivity contribution >= 4 is 21.7 Å². The van der Waals surface area contributed by atoms with Crippen LogP contribution in [0.4, 0.5) is 0 Å². The van der Waals surface area contributed by atoms with Gasteiger partial charge in [0.15, 0.2) is 0 Å². The Labute approximate surface area is 132 Å². The van der Waals surface area contributed by atoms with E-state index in [0.717, 1.165) is 33.4 Å². The van der Waals surface area contributed by atoms with Gasteiger partial charge < -0.3 is 14.3 Å². The van der Waals surface area contributed by atoms with E-state index in [9.17, 15) is 5.11 Å². The number of ether oxygens (including phenoxy) is 1. The van der Waals surface area contributed by atoms with Gasteiger partial charge in [-0.15, -0.1) is 0 Å². The topological polar surface area (TPSA) is 46.5 Å². The van der Waals surface area contributed by atoms with Gasteiger partial charge in [-0.25, -0.2) is 0 Å². The SMILES string of the molecule is Cc1ccc2cccc3c2c1-c1c(c2cc(O)oc2c[n+]1C)O3. The van der Waals surface area contributed by atoms with E-state index < -0.39 is 0 Å². The average Bonchev–Trinajstić information content (AvgIpc) is 2.90. The van der Waals surface area contributed by atoms with E-state index in [1.165, 1.54) is 11.1 Å². The van der Waals surface area contributed by atoms with Gasteiger partial charge in [-0.2, -0.15) is 4.57 Å². The second-order valence-corrected chi connectivity index (χ2v) is 5.99. The zero-order valence-corrected chi connectivity index (χ0v) is 12.8. The first kappa shape index (κ1) is 12.5. The molecule has 2 aromatic carbocycles. The maximum Gasteiger partial charge on any atom is 0.283 e. The zero-order chi connectivity index (χ0) is 15.7. The second-order valence-electron chi connectivity index (χ2n) is 5.99. The van der Waals surface area contributed by atoms with Crippen LogP contribution >= 0.6 is 0 Å². The van der Waals surface area contributed by atoms with Crippen LogP contribution in [-0.4, -0.2) is 5.11 Å². The summed E-state index contributed by atoms with van der Waals surface area (Å²) >= 11 is 0. The molecule has 0 radical (unpaired) electrons. The van der Waals surface area contributed by atoms with Crippen LogP contribution in [0.25, 0.3) is 33.0 Å². The summed E-state index contributed by atoms with van der Waals surface area (Å²) < 4.78 is 13.6. The number of pyridine rings is 1. The first-order chi connectivity index (χ1) is 11.1. The highest BCUT2D eigenvalue weighted by Crippen LogP contribution is 2.49. The number of furan rings is 1. The fourth-order valence-electron chi connectivity index (χ4n) is 3.54. The number of aromatic nitrogens is 1. The maximum atomic E-state index is 9.72. The van der Waals surface area contributed by atoms with Crippen LogP contribution in [0.2, 0.25) is 0 Å². The normalized spacial score (nSPS) is 12.4. The second kappa shape index (κ2) is 4.04. The molecule has 0 saturated heterocycles. The smallest absolute Gasteiger partial charge is 0.283 e. The highest BCUT2D eigenvalue weighted by Gasteiger charge is 2.32. The molecule has 23 heavy (non-hydrogen) atoms. The molecule has 0 atom stereocenters. The van der Waals surface area contributed by atoms with Crippen LogP contribution in [0.5, 0.6) is 17.4 Å². The Balaban J connectivity index is 2.03. The number of fused-ring (bicyclic) bond motifs is 4. The van der Waals surface area contributed by atoms with Crippen LogP contribution in [0, 0.1) is 6.92 Å². The molecule has 4 heteroatoms. The third kappa shape index (κ3) is 1.52. The van der Waals surface area contributed by atoms with Gasteiger partial charge in [-0.1, -0.05) is 24.3 Å². The molecule has 0 fully saturated rings. The number of hydrogen-bond donors (Lipinski definition) is 1. The van der Waals surface area contributed by atoms with E-state index >= 15 is 0 Å². The molecular weight excluding hydrogens is 290 g/mol. The Kier molecular flexibility index (Phi) is 2.20. The Hall–Kier alpha value is -3.01. The van der Waals surface area contributed by atoms with Gasteiger partial charge in [-0.05, 0) is 23.9 Å². The Morgan fingerprint density at radius 3 is 2.87 bits per heavy atom. The zero-order valence-electron chi connectivity index (χ0n) is 12.8. The molecule has 0 unspecified atom stereocenters. The minimum absolute atomic E-state index is 0.106. The van der Waals surface area contributed by atoms with Crippen molar-refractivity contribution in [2.75, 3.05) is 0 Å². The molecule has 2 aromatic heterocycles. The predicted molar refractivity (Wildman–Crippen MR) is 86.8 cm³/mol. The Morgan fingerprint density at radius 2 is 2.00 bits per heavy atom. The quantitative estimate of drug-likeness (QED) is 0.436. The van der Waals surface area contributed by atoms with E-state index in [0.29, 0.717) is 5.58 Å². The van der Waals surface area contributed by atoms with Crippen molar-refractivity contribution in [2.24, 2.45) is 7.05 Å². The molecule has 0 amide bonds. The van der Waals surface area contributed by atoms with Gasteiger partial charge in [0.1, 0.15) is 12.8 Å². The maximum absolute atomic E-state index is 9.72. The van der Waals surface area contributed by atoms with Crippen molar-refractivity contribution in [3.63, 3.8) is 0 Å². The van der Waals surface area contributed by atoms with Gasteiger partial charge in [0.05, 0.1) is 10.9 Å². The molecule has 1 aliphatic rings. The van der Waals surface area contributed by atoms with Crippen LogP contribution in [0.1, 0.15) is 5.56 Å². The number of aryl methyl sites for hydroxylation is 2. The molecule has 0 bridgehead atoms. The van der Waals surface area contributed by atoms with E-state index in [1.54, 1.807) is 6.07 Å². The van der Waals surface area contributed by atoms with Crippen LogP contribution in [0.3, 0.4) is 0 Å². The molecule has 0 aliphatic carbocycles. The summed E-state index contributed by atoms with van der Waals surface area (Å²) in [6, 6.07) is 11.9. The van der Waals surface area contributed by atoms with E-state index in [-0.39, 0.29) is 5.95 Å². The van der Waals surface area contributed by atoms with Crippen molar-refractivity contribution in [3.05, 3.63) is 48.2 Å². The first-order valence-corrected chi connectivity index (χ1v) is 7.49. The molecule has 0 spiro atoms. The lowest BCUT2D eigenvalue weighted by Gasteiger charge is -2.20. The largest absolute Gasteiger partial charge is 0.481 e. The Morgan fingerprint density at radius 1 is 1.13 bits per heavy atom. The van der Waals surface area contributed by atoms with Gasteiger partial charge in [0.25, 0.3) is 11.6 Å². The van der Waals surface area contributed by atoms with Crippen molar-refractivity contribution in [1.82, 2.24) is 0 Å². The van der Waals surface area contributed by atoms with Gasteiger partial charge in [0, 0.05) is 11.5 Å². The highest BCUT2D eigenvalue weighted by molar-refractivity contribution is 6.06. The monoisotopic (exact) mass is 304 g/mol. The predicted octanol–water partition coefficient (Wildman–Crippen LogP) is 4.20. The summed E-state index contributed by atoms with van der Waals surface area (Å²) in [4.78, 5) is 0. The molecule has 5 rings (SSSR count). The summed E-state index contributed by atoms with van der Waals surface area (Å²) in [5.41, 5.74) is 3.97. The van der Waals surface area contributed by atoms with Crippen LogP contribution < -0.4 is 9.30 Å². The van der Waals surface area contributed by atoms with E-state index in [1.807, 2.05) is 29.9 Å². The van der Waals surface area contributed by atoms with Crippen molar-refractivity contribution in [2.45, 2.75) is 6.92 Å². The summed E-state index contributed by atoms with van der Waals surface area (Å²) in [5, 5.41) is 12.8. The van der Waals surface area contributed by atoms with Gasteiger partial charge in [-0.3, -0.25) is 0 Å². The van der Waals surface area contributed by atoms with Crippen LogP contribution in [0.15, 0.2) is 47.0 Å². The minimum atomic E-state index is -0.106. The first-order valence-electron chi connectivity index (χ1n) is 7.49. The lowest BCUT2D eigenvalue weighted by atomic mass is 9.93. The Bertz CT molecular complexity index is 1120. The summed E-state index contributed by atoms with van der Waals surface area (Å²) in [6.45, 7) is 2.11. The fourth-order valence-corrected chi connectivity index (χ4v) is 3.54. The third-order valence-corrected chi connectivity index (χ3v) is 4.54. The molecule has 4 aromatic rings. The standard InChI is InChI=1S/C19H13NO3/c1-10-6-7-11-4-3-5-13-17(11)16(10)18-19(23-13)12-8-15(21)22-14(12)9-20(18)2/h3-9H,1-2H3/p+1. The summed E-state index contributed by atoms with van der Waals surface area (Å²) in [5.74, 6) is 1.45. The average molecular weight is 304 g/mol. The van der Waals surface area contributed by atoms with E-state index in [2.05, 4.69) is 25.1 Å². The minimum Gasteiger partial charge on any atom is -0.481 e. The molecule has 0 saturated carbocycles. The molecule has 4 nitrogen and oxygen atoms in total. The van der Waals surface area contributed by atoms with Gasteiger partial charge >= 0.3 is 0 Å². The molecule has 3 heterocycles. The van der Waals surface area contributed by atoms with Crippen molar-refractivity contribution < 1.29 is 18.8 Å². The number of rotatable bonds is 0. The van der Waals surface area contributed by atoms with E-state index in [4.69, 9.17) is 9.15 Å². The van der Waals surface area contributed by atoms with Gasteiger partial charge in [0.2, 0.25) is 17.5 Å². The van der Waals surface area contributed by atoms with Crippen LogP contribution in [-0.2, 0) is 7.05 Å². The number of benzene rings is 2. The molecule has 1 N–H and O–H groups in total. The molecular formula is C19H14NO3+. The van der Waals surface area contributed by atoms with Crippen molar-refractivity contribution in [3.8, 4) is 28.7 Å².